The van der Waals surface area contributed by atoms with Gasteiger partial charge < -0.3 is 9.80 Å². The average Bonchev–Trinajstić information content (AvgIpc) is 3.80. The zero-order valence-electron chi connectivity index (χ0n) is 32.9. The van der Waals surface area contributed by atoms with Gasteiger partial charge in [-0.1, -0.05) is 86.6 Å². The Kier molecular flexibility index (Phi) is 7.39. The van der Waals surface area contributed by atoms with Crippen molar-refractivity contribution in [3.8, 4) is 33.4 Å². The van der Waals surface area contributed by atoms with E-state index in [4.69, 9.17) is 0 Å². The summed E-state index contributed by atoms with van der Waals surface area (Å²) in [5.41, 5.74) is 19.7. The molecule has 0 bridgehead atoms. The first-order valence-corrected chi connectivity index (χ1v) is 21.0. The van der Waals surface area contributed by atoms with Crippen LogP contribution in [-0.4, -0.2) is 11.1 Å². The zero-order valence-corrected chi connectivity index (χ0v) is 32.9. The van der Waals surface area contributed by atoms with Crippen molar-refractivity contribution in [2.75, 3.05) is 9.80 Å². The lowest BCUT2D eigenvalue weighted by Crippen LogP contribution is -2.46. The fourth-order valence-corrected chi connectivity index (χ4v) is 12.0. The average molecular weight is 717 g/mol. The second-order valence-corrected chi connectivity index (χ2v) is 18.4. The molecule has 5 aliphatic rings. The molecule has 6 aromatic rings. The van der Waals surface area contributed by atoms with Gasteiger partial charge in [-0.3, -0.25) is 0 Å². The molecule has 0 aromatic heterocycles. The van der Waals surface area contributed by atoms with Crippen molar-refractivity contribution in [1.82, 2.24) is 0 Å². The van der Waals surface area contributed by atoms with E-state index >= 15 is 0 Å². The predicted molar refractivity (Wildman–Crippen MR) is 231 cm³/mol. The van der Waals surface area contributed by atoms with E-state index in [-0.39, 0.29) is 11.1 Å². The fraction of sp³-hybridized carbons (Fsp3) is 0.321. The lowest BCUT2D eigenvalue weighted by Gasteiger charge is -2.45. The summed E-state index contributed by atoms with van der Waals surface area (Å²) >= 11 is 0. The molecule has 0 radical (unpaired) electrons. The molecule has 6 unspecified atom stereocenters. The summed E-state index contributed by atoms with van der Waals surface area (Å²) in [5.74, 6) is 2.57. The lowest BCUT2D eigenvalue weighted by molar-refractivity contribution is 0.237. The number of hydrogen-bond acceptors (Lipinski definition) is 2. The first-order chi connectivity index (χ1) is 26.8. The van der Waals surface area contributed by atoms with Crippen LogP contribution in [0.3, 0.4) is 0 Å². The Morgan fingerprint density at radius 1 is 0.473 bits per heavy atom. The quantitative estimate of drug-likeness (QED) is 0.179. The number of rotatable bonds is 4. The molecule has 0 spiro atoms. The van der Waals surface area contributed by atoms with Crippen molar-refractivity contribution >= 4 is 22.7 Å². The van der Waals surface area contributed by atoms with Crippen LogP contribution in [0.4, 0.5) is 22.7 Å². The van der Waals surface area contributed by atoms with Crippen LogP contribution in [0.2, 0.25) is 0 Å². The number of nitrogens with zero attached hydrogens (tertiary/aromatic N) is 2. The first-order valence-electron chi connectivity index (χ1n) is 21.0. The largest absolute Gasteiger partial charge is 0.335 e. The van der Waals surface area contributed by atoms with Crippen molar-refractivity contribution in [1.29, 1.82) is 0 Å². The summed E-state index contributed by atoms with van der Waals surface area (Å²) < 4.78 is 0. The van der Waals surface area contributed by atoms with Gasteiger partial charge in [0.1, 0.15) is 0 Å². The van der Waals surface area contributed by atoms with Crippen molar-refractivity contribution in [2.45, 2.75) is 95.6 Å². The van der Waals surface area contributed by atoms with Gasteiger partial charge >= 0.3 is 0 Å². The highest BCUT2D eigenvalue weighted by Gasteiger charge is 2.52. The highest BCUT2D eigenvalue weighted by molar-refractivity contribution is 5.87. The maximum Gasteiger partial charge on any atom is 0.0492 e. The van der Waals surface area contributed by atoms with E-state index in [0.29, 0.717) is 11.8 Å². The van der Waals surface area contributed by atoms with E-state index in [1.807, 2.05) is 0 Å². The summed E-state index contributed by atoms with van der Waals surface area (Å²) in [6.45, 7) is 9.95. The SMILES string of the molecule is CC1CCC2(C)C(C1)c1cc(-c3ccc4c(c3)-c3cc(-c5ccc6c(c5)C5CC(C)CCC5(C)N6c5ccccc5)ccc3C4)ccc1N2c1ccccc1. The second kappa shape index (κ2) is 12.2. The molecule has 0 amide bonds. The van der Waals surface area contributed by atoms with Crippen molar-refractivity contribution in [2.24, 2.45) is 11.8 Å². The van der Waals surface area contributed by atoms with Crippen LogP contribution in [0.15, 0.2) is 133 Å². The van der Waals surface area contributed by atoms with Gasteiger partial charge in [-0.15, -0.1) is 0 Å². The van der Waals surface area contributed by atoms with Gasteiger partial charge in [-0.2, -0.15) is 0 Å². The standard InChI is InChI=1S/C53H52N2/c1-34-23-25-52(3)48(27-34)46-32-38(19-21-50(46)54(52)42-11-7-5-8-12-42)36-15-17-40-29-41-18-16-37(31-45(41)44(40)30-36)39-20-22-51-47(33-39)49-28-35(2)24-26-53(49,4)55(51)43-13-9-6-10-14-43/h5-22,30-35,48-49H,23-29H2,1-4H3. The van der Waals surface area contributed by atoms with Crippen LogP contribution in [0.25, 0.3) is 33.4 Å². The van der Waals surface area contributed by atoms with Gasteiger partial charge in [0, 0.05) is 45.7 Å². The number of fused-ring (bicyclic) bond motifs is 9. The van der Waals surface area contributed by atoms with E-state index in [9.17, 15) is 0 Å². The molecule has 3 aliphatic carbocycles. The molecule has 55 heavy (non-hydrogen) atoms. The molecule has 6 aromatic carbocycles. The highest BCUT2D eigenvalue weighted by atomic mass is 15.2. The summed E-state index contributed by atoms with van der Waals surface area (Å²) in [6, 6.07) is 51.5. The van der Waals surface area contributed by atoms with Crippen LogP contribution < -0.4 is 9.80 Å². The molecule has 0 N–H and O–H groups in total. The summed E-state index contributed by atoms with van der Waals surface area (Å²) in [6.07, 6.45) is 8.55. The summed E-state index contributed by atoms with van der Waals surface area (Å²) in [4.78, 5) is 5.35. The third kappa shape index (κ3) is 4.99. The minimum Gasteiger partial charge on any atom is -0.335 e. The molecule has 2 saturated carbocycles. The predicted octanol–water partition coefficient (Wildman–Crippen LogP) is 14.2. The number of hydrogen-bond donors (Lipinski definition) is 0. The number of para-hydroxylation sites is 2. The lowest BCUT2D eigenvalue weighted by atomic mass is 9.69. The molecule has 0 saturated heterocycles. The van der Waals surface area contributed by atoms with Gasteiger partial charge in [0.05, 0.1) is 0 Å². The monoisotopic (exact) mass is 716 g/mol. The Morgan fingerprint density at radius 3 is 1.31 bits per heavy atom. The Hall–Kier alpha value is -5.08. The van der Waals surface area contributed by atoms with Gasteiger partial charge in [0.15, 0.2) is 0 Å². The van der Waals surface area contributed by atoms with Crippen LogP contribution in [0.1, 0.15) is 100 Å². The fourth-order valence-electron chi connectivity index (χ4n) is 12.0. The summed E-state index contributed by atoms with van der Waals surface area (Å²) in [5, 5.41) is 0. The normalized spacial score (nSPS) is 27.2. The molecule has 2 aliphatic heterocycles. The van der Waals surface area contributed by atoms with Crippen molar-refractivity contribution < 1.29 is 0 Å². The smallest absolute Gasteiger partial charge is 0.0492 e. The van der Waals surface area contributed by atoms with Gasteiger partial charge in [0.25, 0.3) is 0 Å². The second-order valence-electron chi connectivity index (χ2n) is 18.4. The molecule has 11 rings (SSSR count). The van der Waals surface area contributed by atoms with Crippen molar-refractivity contribution in [3.63, 3.8) is 0 Å². The van der Waals surface area contributed by atoms with Crippen LogP contribution >= 0.6 is 0 Å². The zero-order chi connectivity index (χ0) is 37.1. The maximum atomic E-state index is 2.68. The third-order valence-corrected chi connectivity index (χ3v) is 15.0. The van der Waals surface area contributed by atoms with Gasteiger partial charge in [-0.05, 0) is 187 Å². The Bertz CT molecular complexity index is 2290. The molecule has 6 atom stereocenters. The van der Waals surface area contributed by atoms with E-state index in [0.717, 1.165) is 18.3 Å². The minimum atomic E-state index is 0.105. The van der Waals surface area contributed by atoms with Crippen LogP contribution in [-0.2, 0) is 6.42 Å². The van der Waals surface area contributed by atoms with E-state index in [1.54, 1.807) is 0 Å². The molecule has 2 heteroatoms. The van der Waals surface area contributed by atoms with Gasteiger partial charge in [0.2, 0.25) is 0 Å². The third-order valence-electron chi connectivity index (χ3n) is 15.0. The van der Waals surface area contributed by atoms with Crippen LogP contribution in [0, 0.1) is 11.8 Å². The molecular weight excluding hydrogens is 665 g/mol. The Labute approximate surface area is 327 Å². The van der Waals surface area contributed by atoms with E-state index in [1.165, 1.54) is 117 Å². The first kappa shape index (κ1) is 33.3. The maximum absolute atomic E-state index is 2.68. The van der Waals surface area contributed by atoms with E-state index in [2.05, 4.69) is 171 Å². The Balaban J connectivity index is 0.960. The minimum absolute atomic E-state index is 0.105. The molecule has 2 heterocycles. The molecule has 2 fully saturated rings. The Morgan fingerprint density at radius 2 is 0.873 bits per heavy atom. The van der Waals surface area contributed by atoms with Crippen LogP contribution in [0.5, 0.6) is 0 Å². The number of benzene rings is 6. The topological polar surface area (TPSA) is 6.48 Å². The number of anilines is 4. The highest BCUT2D eigenvalue weighted by Crippen LogP contribution is 2.60. The summed E-state index contributed by atoms with van der Waals surface area (Å²) in [7, 11) is 0. The van der Waals surface area contributed by atoms with Gasteiger partial charge in [-0.25, -0.2) is 0 Å². The molecule has 2 nitrogen and oxygen atoms in total. The molecule has 274 valence electrons. The van der Waals surface area contributed by atoms with E-state index < -0.39 is 0 Å². The van der Waals surface area contributed by atoms with Crippen molar-refractivity contribution in [3.05, 3.63) is 156 Å². The molecular formula is C53H52N2.